The number of carboxylic acid groups (broad SMARTS) is 1. The maximum Gasteiger partial charge on any atom is 0.310 e. The molecule has 1 aliphatic heterocycles. The lowest BCUT2D eigenvalue weighted by molar-refractivity contribution is -0.160. The van der Waals surface area contributed by atoms with Crippen LogP contribution in [0.4, 0.5) is 0 Å². The zero-order chi connectivity index (χ0) is 14.8. The minimum Gasteiger partial charge on any atom is -0.481 e. The van der Waals surface area contributed by atoms with Gasteiger partial charge in [0.25, 0.3) is 0 Å². The summed E-state index contributed by atoms with van der Waals surface area (Å²) in [4.78, 5) is 26.0. The van der Waals surface area contributed by atoms with Crippen LogP contribution in [0.25, 0.3) is 0 Å². The zero-order valence-electron chi connectivity index (χ0n) is 12.7. The van der Waals surface area contributed by atoms with Crippen molar-refractivity contribution in [2.24, 2.45) is 11.3 Å². The van der Waals surface area contributed by atoms with Crippen LogP contribution in [0, 0.1) is 11.3 Å². The van der Waals surface area contributed by atoms with Crippen LogP contribution in [0.1, 0.15) is 65.2 Å². The van der Waals surface area contributed by atoms with Gasteiger partial charge in [-0.2, -0.15) is 0 Å². The van der Waals surface area contributed by atoms with Gasteiger partial charge in [0.15, 0.2) is 0 Å². The predicted octanol–water partition coefficient (Wildman–Crippen LogP) is 3.06. The van der Waals surface area contributed by atoms with Crippen LogP contribution in [0.3, 0.4) is 0 Å². The number of likely N-dealkylation sites (tertiary alicyclic amines) is 1. The summed E-state index contributed by atoms with van der Waals surface area (Å²) in [6.07, 6.45) is 6.80. The molecule has 1 amide bonds. The van der Waals surface area contributed by atoms with Gasteiger partial charge in [-0.25, -0.2) is 0 Å². The minimum atomic E-state index is -0.783. The topological polar surface area (TPSA) is 57.6 Å². The number of hydrogen-bond acceptors (Lipinski definition) is 2. The number of carbonyl (C=O) groups excluding carboxylic acids is 1. The second kappa shape index (κ2) is 6.15. The molecule has 0 bridgehead atoms. The molecule has 1 N–H and O–H groups in total. The predicted molar refractivity (Wildman–Crippen MR) is 77.3 cm³/mol. The Hall–Kier alpha value is -1.06. The Bertz CT molecular complexity index is 376. The van der Waals surface area contributed by atoms with E-state index >= 15 is 0 Å². The fourth-order valence-electron chi connectivity index (χ4n) is 3.76. The Morgan fingerprint density at radius 1 is 1.30 bits per heavy atom. The van der Waals surface area contributed by atoms with Gasteiger partial charge in [-0.05, 0) is 38.0 Å². The molecule has 2 fully saturated rings. The van der Waals surface area contributed by atoms with E-state index in [9.17, 15) is 14.7 Å². The first-order valence-electron chi connectivity index (χ1n) is 8.03. The molecule has 2 unspecified atom stereocenters. The second-order valence-electron chi connectivity index (χ2n) is 6.68. The van der Waals surface area contributed by atoms with Crippen molar-refractivity contribution in [2.75, 3.05) is 6.54 Å². The standard InChI is InChI=1S/C16H27NO3/c1-3-6-13-12(2)7-4-10-17(13)14(18)11-16(15(19)20)8-5-9-16/h12-13H,3-11H2,1-2H3,(H,19,20). The first kappa shape index (κ1) is 15.3. The lowest BCUT2D eigenvalue weighted by atomic mass is 9.66. The Morgan fingerprint density at radius 2 is 2.00 bits per heavy atom. The van der Waals surface area contributed by atoms with Crippen LogP contribution in [-0.2, 0) is 9.59 Å². The molecule has 4 nitrogen and oxygen atoms in total. The largest absolute Gasteiger partial charge is 0.481 e. The van der Waals surface area contributed by atoms with E-state index in [4.69, 9.17) is 0 Å². The van der Waals surface area contributed by atoms with Crippen LogP contribution < -0.4 is 0 Å². The number of aliphatic carboxylic acids is 1. The first-order chi connectivity index (χ1) is 9.50. The molecule has 1 saturated heterocycles. The van der Waals surface area contributed by atoms with Gasteiger partial charge in [0.2, 0.25) is 5.91 Å². The molecule has 0 aromatic rings. The van der Waals surface area contributed by atoms with Gasteiger partial charge in [0.05, 0.1) is 5.41 Å². The van der Waals surface area contributed by atoms with E-state index in [0.29, 0.717) is 24.8 Å². The molecular formula is C16H27NO3. The number of nitrogens with zero attached hydrogens (tertiary/aromatic N) is 1. The van der Waals surface area contributed by atoms with Gasteiger partial charge >= 0.3 is 5.97 Å². The van der Waals surface area contributed by atoms with Gasteiger partial charge in [0, 0.05) is 19.0 Å². The molecule has 114 valence electrons. The highest BCUT2D eigenvalue weighted by Gasteiger charge is 2.47. The average Bonchev–Trinajstić information content (AvgIpc) is 2.35. The Morgan fingerprint density at radius 3 is 2.50 bits per heavy atom. The molecule has 20 heavy (non-hydrogen) atoms. The van der Waals surface area contributed by atoms with Crippen molar-refractivity contribution in [3.05, 3.63) is 0 Å². The van der Waals surface area contributed by atoms with Gasteiger partial charge in [-0.3, -0.25) is 9.59 Å². The van der Waals surface area contributed by atoms with Gasteiger partial charge in [-0.15, -0.1) is 0 Å². The molecule has 2 aliphatic rings. The Labute approximate surface area is 121 Å². The Balaban J connectivity index is 2.04. The van der Waals surface area contributed by atoms with E-state index < -0.39 is 11.4 Å². The van der Waals surface area contributed by atoms with E-state index in [-0.39, 0.29) is 12.3 Å². The zero-order valence-corrected chi connectivity index (χ0v) is 12.7. The fraction of sp³-hybridized carbons (Fsp3) is 0.875. The second-order valence-corrected chi connectivity index (χ2v) is 6.68. The lowest BCUT2D eigenvalue weighted by Crippen LogP contribution is -2.51. The van der Waals surface area contributed by atoms with Gasteiger partial charge in [0.1, 0.15) is 0 Å². The minimum absolute atomic E-state index is 0.0668. The molecule has 2 atom stereocenters. The molecular weight excluding hydrogens is 254 g/mol. The van der Waals surface area contributed by atoms with E-state index in [1.54, 1.807) is 0 Å². The summed E-state index contributed by atoms with van der Waals surface area (Å²) in [7, 11) is 0. The van der Waals surface area contributed by atoms with Crippen molar-refractivity contribution in [1.82, 2.24) is 4.90 Å². The first-order valence-corrected chi connectivity index (χ1v) is 8.03. The summed E-state index contributed by atoms with van der Waals surface area (Å²) < 4.78 is 0. The average molecular weight is 281 g/mol. The van der Waals surface area contributed by atoms with Crippen molar-refractivity contribution >= 4 is 11.9 Å². The molecule has 1 heterocycles. The third-order valence-corrected chi connectivity index (χ3v) is 5.27. The van der Waals surface area contributed by atoms with Crippen molar-refractivity contribution < 1.29 is 14.7 Å². The third-order valence-electron chi connectivity index (χ3n) is 5.27. The van der Waals surface area contributed by atoms with Crippen molar-refractivity contribution in [2.45, 2.75) is 71.3 Å². The normalized spacial score (nSPS) is 28.8. The summed E-state index contributed by atoms with van der Waals surface area (Å²) in [6.45, 7) is 5.17. The summed E-state index contributed by atoms with van der Waals surface area (Å²) in [5.74, 6) is -0.180. The molecule has 0 spiro atoms. The van der Waals surface area contributed by atoms with Gasteiger partial charge < -0.3 is 10.0 Å². The summed E-state index contributed by atoms with van der Waals surface area (Å²) in [5.41, 5.74) is -0.755. The smallest absolute Gasteiger partial charge is 0.310 e. The van der Waals surface area contributed by atoms with E-state index in [2.05, 4.69) is 13.8 Å². The highest BCUT2D eigenvalue weighted by atomic mass is 16.4. The molecule has 2 rings (SSSR count). The molecule has 0 aromatic heterocycles. The van der Waals surface area contributed by atoms with Crippen LogP contribution >= 0.6 is 0 Å². The maximum atomic E-state index is 12.6. The summed E-state index contributed by atoms with van der Waals surface area (Å²) in [6, 6.07) is 0.312. The van der Waals surface area contributed by atoms with Crippen LogP contribution in [0.2, 0.25) is 0 Å². The molecule has 0 radical (unpaired) electrons. The van der Waals surface area contributed by atoms with E-state index in [1.807, 2.05) is 4.90 Å². The number of hydrogen-bond donors (Lipinski definition) is 1. The molecule has 1 saturated carbocycles. The molecule has 1 aliphatic carbocycles. The van der Waals surface area contributed by atoms with Crippen LogP contribution in [0.5, 0.6) is 0 Å². The van der Waals surface area contributed by atoms with E-state index in [1.165, 1.54) is 6.42 Å². The van der Waals surface area contributed by atoms with Crippen molar-refractivity contribution in [3.8, 4) is 0 Å². The highest BCUT2D eigenvalue weighted by Crippen LogP contribution is 2.45. The summed E-state index contributed by atoms with van der Waals surface area (Å²) in [5, 5.41) is 9.38. The number of piperidine rings is 1. The Kier molecular flexibility index (Phi) is 4.71. The number of carbonyl (C=O) groups is 2. The number of rotatable bonds is 5. The van der Waals surface area contributed by atoms with Crippen LogP contribution in [-0.4, -0.2) is 34.5 Å². The maximum absolute atomic E-state index is 12.6. The summed E-state index contributed by atoms with van der Waals surface area (Å²) >= 11 is 0. The quantitative estimate of drug-likeness (QED) is 0.842. The van der Waals surface area contributed by atoms with E-state index in [0.717, 1.165) is 32.2 Å². The third kappa shape index (κ3) is 2.84. The SMILES string of the molecule is CCCC1C(C)CCCN1C(=O)CC1(C(=O)O)CCC1. The number of amides is 1. The van der Waals surface area contributed by atoms with Gasteiger partial charge in [-0.1, -0.05) is 26.7 Å². The molecule has 4 heteroatoms. The van der Waals surface area contributed by atoms with Crippen LogP contribution in [0.15, 0.2) is 0 Å². The number of carboxylic acids is 1. The van der Waals surface area contributed by atoms with Crippen molar-refractivity contribution in [1.29, 1.82) is 0 Å². The highest BCUT2D eigenvalue weighted by molar-refractivity contribution is 5.86. The lowest BCUT2D eigenvalue weighted by Gasteiger charge is -2.43. The fourth-order valence-corrected chi connectivity index (χ4v) is 3.76. The molecule has 0 aromatic carbocycles. The van der Waals surface area contributed by atoms with Crippen molar-refractivity contribution in [3.63, 3.8) is 0 Å². The monoisotopic (exact) mass is 281 g/mol.